The standard InChI is InChI=1S/C21H26N2O11/c1-33-10-2-3-13-11(5-10)9(4-15(25)22-12(21(31)32)6-16(26)27)7-23(13)20-19(30)18(29)17(28)14(8-24)34-20/h2-3,5,7,12,14,17-20,24,28-30H,4,6,8H2,1H3,(H,22,25)(H,26,27)(H,31,32)/t12-,14-,17-,18+,19-,20?/m1/s1. The van der Waals surface area contributed by atoms with E-state index in [0.717, 1.165) is 0 Å². The van der Waals surface area contributed by atoms with Crippen molar-refractivity contribution in [1.29, 1.82) is 0 Å². The van der Waals surface area contributed by atoms with Crippen molar-refractivity contribution in [3.63, 3.8) is 0 Å². The average molecular weight is 482 g/mol. The van der Waals surface area contributed by atoms with Gasteiger partial charge in [0.15, 0.2) is 6.23 Å². The SMILES string of the molecule is COc1ccc2c(c1)c(CC(=O)N[C@H](CC(=O)O)C(=O)O)cn2C1O[C@H](CO)[C@@H](O)[C@H](O)[C@H]1O. The van der Waals surface area contributed by atoms with Crippen molar-refractivity contribution in [3.05, 3.63) is 30.0 Å². The smallest absolute Gasteiger partial charge is 0.326 e. The molecule has 34 heavy (non-hydrogen) atoms. The second kappa shape index (κ2) is 10.4. The number of nitrogens with one attached hydrogen (secondary N) is 1. The maximum Gasteiger partial charge on any atom is 0.326 e. The first kappa shape index (κ1) is 25.4. The van der Waals surface area contributed by atoms with E-state index in [1.54, 1.807) is 18.2 Å². The number of nitrogens with zero attached hydrogens (tertiary/aromatic N) is 1. The van der Waals surface area contributed by atoms with Gasteiger partial charge in [0.2, 0.25) is 5.91 Å². The Labute approximate surface area is 192 Å². The fraction of sp³-hybridized carbons (Fsp3) is 0.476. The Morgan fingerprint density at radius 1 is 1.15 bits per heavy atom. The Morgan fingerprint density at radius 2 is 1.85 bits per heavy atom. The van der Waals surface area contributed by atoms with Crippen LogP contribution in [0.3, 0.4) is 0 Å². The molecular weight excluding hydrogens is 456 g/mol. The Morgan fingerprint density at radius 3 is 2.44 bits per heavy atom. The predicted molar refractivity (Wildman–Crippen MR) is 113 cm³/mol. The number of aliphatic hydroxyl groups excluding tert-OH is 4. The summed E-state index contributed by atoms with van der Waals surface area (Å²) in [6.07, 6.45) is -6.84. The van der Waals surface area contributed by atoms with Crippen molar-refractivity contribution in [2.75, 3.05) is 13.7 Å². The minimum atomic E-state index is -1.63. The van der Waals surface area contributed by atoms with Crippen LogP contribution in [-0.4, -0.2) is 97.2 Å². The van der Waals surface area contributed by atoms with Gasteiger partial charge in [-0.3, -0.25) is 9.59 Å². The van der Waals surface area contributed by atoms with Gasteiger partial charge in [-0.25, -0.2) is 4.79 Å². The number of hydrogen-bond donors (Lipinski definition) is 7. The predicted octanol–water partition coefficient (Wildman–Crippen LogP) is -1.79. The molecule has 13 nitrogen and oxygen atoms in total. The van der Waals surface area contributed by atoms with Gasteiger partial charge in [0.25, 0.3) is 0 Å². The van der Waals surface area contributed by atoms with Gasteiger partial charge in [-0.05, 0) is 23.8 Å². The van der Waals surface area contributed by atoms with Crippen molar-refractivity contribution in [1.82, 2.24) is 9.88 Å². The Bertz CT molecular complexity index is 1070. The highest BCUT2D eigenvalue weighted by molar-refractivity contribution is 5.92. The maximum atomic E-state index is 12.6. The molecule has 0 aliphatic carbocycles. The molecule has 1 aromatic carbocycles. The minimum absolute atomic E-state index is 0.350. The molecule has 7 N–H and O–H groups in total. The Balaban J connectivity index is 1.97. The summed E-state index contributed by atoms with van der Waals surface area (Å²) < 4.78 is 12.3. The molecule has 0 spiro atoms. The Kier molecular flexibility index (Phi) is 7.74. The molecule has 1 amide bonds. The number of carbonyl (C=O) groups is 3. The van der Waals surface area contributed by atoms with Gasteiger partial charge >= 0.3 is 11.9 Å². The van der Waals surface area contributed by atoms with E-state index in [1.807, 2.05) is 0 Å². The first-order valence-corrected chi connectivity index (χ1v) is 10.3. The molecule has 13 heteroatoms. The highest BCUT2D eigenvalue weighted by Crippen LogP contribution is 2.34. The van der Waals surface area contributed by atoms with Crippen molar-refractivity contribution >= 4 is 28.7 Å². The molecule has 2 heterocycles. The van der Waals surface area contributed by atoms with Crippen molar-refractivity contribution in [2.24, 2.45) is 0 Å². The van der Waals surface area contributed by atoms with Gasteiger partial charge in [0.05, 0.1) is 32.1 Å². The third-order valence-electron chi connectivity index (χ3n) is 5.63. The number of methoxy groups -OCH3 is 1. The molecule has 1 aliphatic rings. The Hall–Kier alpha value is -3.23. The van der Waals surface area contributed by atoms with E-state index in [9.17, 15) is 34.8 Å². The number of aliphatic carboxylic acids is 2. The summed E-state index contributed by atoms with van der Waals surface area (Å²) in [4.78, 5) is 34.7. The molecule has 1 aliphatic heterocycles. The van der Waals surface area contributed by atoms with Crippen molar-refractivity contribution in [2.45, 2.75) is 49.5 Å². The van der Waals surface area contributed by atoms with E-state index < -0.39 is 67.6 Å². The highest BCUT2D eigenvalue weighted by atomic mass is 16.6. The summed E-state index contributed by atoms with van der Waals surface area (Å²) in [5, 5.41) is 60.9. The average Bonchev–Trinajstić information content (AvgIpc) is 3.14. The van der Waals surface area contributed by atoms with E-state index in [2.05, 4.69) is 5.32 Å². The monoisotopic (exact) mass is 482 g/mol. The zero-order valence-electron chi connectivity index (χ0n) is 18.1. The number of fused-ring (bicyclic) bond motifs is 1. The number of amides is 1. The number of carboxylic acids is 2. The van der Waals surface area contributed by atoms with Gasteiger partial charge in [0.1, 0.15) is 36.2 Å². The van der Waals surface area contributed by atoms with Crippen molar-refractivity contribution in [3.8, 4) is 5.75 Å². The molecule has 186 valence electrons. The third kappa shape index (κ3) is 5.13. The fourth-order valence-electron chi connectivity index (χ4n) is 3.89. The largest absolute Gasteiger partial charge is 0.497 e. The van der Waals surface area contributed by atoms with Crippen LogP contribution >= 0.6 is 0 Å². The molecule has 1 unspecified atom stereocenters. The molecule has 0 saturated carbocycles. The lowest BCUT2D eigenvalue weighted by Gasteiger charge is -2.40. The van der Waals surface area contributed by atoms with Crippen LogP contribution in [0.2, 0.25) is 0 Å². The van der Waals surface area contributed by atoms with Gasteiger partial charge in [-0.15, -0.1) is 0 Å². The first-order chi connectivity index (χ1) is 16.1. The summed E-state index contributed by atoms with van der Waals surface area (Å²) in [6.45, 7) is -0.621. The number of carbonyl (C=O) groups excluding carboxylic acids is 1. The fourth-order valence-corrected chi connectivity index (χ4v) is 3.89. The lowest BCUT2D eigenvalue weighted by Crippen LogP contribution is -2.56. The highest BCUT2D eigenvalue weighted by Gasteiger charge is 2.44. The number of rotatable bonds is 9. The second-order valence-electron chi connectivity index (χ2n) is 7.90. The van der Waals surface area contributed by atoms with E-state index in [0.29, 0.717) is 22.2 Å². The van der Waals surface area contributed by atoms with Crippen LogP contribution < -0.4 is 10.1 Å². The molecule has 0 radical (unpaired) electrons. The van der Waals surface area contributed by atoms with Crippen LogP contribution in [0.1, 0.15) is 18.2 Å². The number of benzene rings is 1. The first-order valence-electron chi connectivity index (χ1n) is 10.3. The summed E-state index contributed by atoms with van der Waals surface area (Å²) >= 11 is 0. The summed E-state index contributed by atoms with van der Waals surface area (Å²) in [7, 11) is 1.44. The molecule has 1 saturated heterocycles. The summed E-state index contributed by atoms with van der Waals surface area (Å²) in [5.74, 6) is -3.21. The molecule has 3 rings (SSSR count). The van der Waals surface area contributed by atoms with Crippen LogP contribution in [0.25, 0.3) is 10.9 Å². The summed E-state index contributed by atoms with van der Waals surface area (Å²) in [5.41, 5.74) is 0.816. The number of carboxylic acid groups (broad SMARTS) is 2. The van der Waals surface area contributed by atoms with Crippen LogP contribution in [0.4, 0.5) is 0 Å². The van der Waals surface area contributed by atoms with Crippen LogP contribution in [0, 0.1) is 0 Å². The second-order valence-corrected chi connectivity index (χ2v) is 7.90. The van der Waals surface area contributed by atoms with E-state index in [-0.39, 0.29) is 6.42 Å². The van der Waals surface area contributed by atoms with Gasteiger partial charge < -0.3 is 50.0 Å². The number of ether oxygens (including phenoxy) is 2. The summed E-state index contributed by atoms with van der Waals surface area (Å²) in [6, 6.07) is 3.20. The van der Waals surface area contributed by atoms with Crippen LogP contribution in [0.15, 0.2) is 24.4 Å². The topological polar surface area (TPSA) is 208 Å². The van der Waals surface area contributed by atoms with Crippen molar-refractivity contribution < 1.29 is 54.5 Å². The molecule has 6 atom stereocenters. The normalized spacial score (nSPS) is 25.6. The van der Waals surface area contributed by atoms with Gasteiger partial charge in [-0.1, -0.05) is 0 Å². The van der Waals surface area contributed by atoms with Gasteiger partial charge in [-0.2, -0.15) is 0 Å². The lowest BCUT2D eigenvalue weighted by atomic mass is 9.98. The zero-order chi connectivity index (χ0) is 25.2. The molecule has 1 aromatic heterocycles. The lowest BCUT2D eigenvalue weighted by molar-refractivity contribution is -0.250. The molecule has 1 fully saturated rings. The minimum Gasteiger partial charge on any atom is -0.497 e. The van der Waals surface area contributed by atoms with E-state index >= 15 is 0 Å². The number of aromatic nitrogens is 1. The van der Waals surface area contributed by atoms with E-state index in [4.69, 9.17) is 19.7 Å². The number of hydrogen-bond acceptors (Lipinski definition) is 9. The van der Waals surface area contributed by atoms with Crippen LogP contribution in [0.5, 0.6) is 5.75 Å². The van der Waals surface area contributed by atoms with E-state index in [1.165, 1.54) is 17.9 Å². The molecule has 0 bridgehead atoms. The maximum absolute atomic E-state index is 12.6. The number of aliphatic hydroxyl groups is 4. The quantitative estimate of drug-likeness (QED) is 0.212. The third-order valence-corrected chi connectivity index (χ3v) is 5.63. The van der Waals surface area contributed by atoms with Crippen LogP contribution in [-0.2, 0) is 25.5 Å². The molecular formula is C21H26N2O11. The zero-order valence-corrected chi connectivity index (χ0v) is 18.1. The van der Waals surface area contributed by atoms with Gasteiger partial charge in [0, 0.05) is 11.6 Å². The molecule has 2 aromatic rings.